The van der Waals surface area contributed by atoms with Gasteiger partial charge in [-0.2, -0.15) is 0 Å². The van der Waals surface area contributed by atoms with E-state index in [0.29, 0.717) is 0 Å². The fourth-order valence-electron chi connectivity index (χ4n) is 2.70. The van der Waals surface area contributed by atoms with E-state index in [1.165, 1.54) is 15.0 Å². The van der Waals surface area contributed by atoms with Gasteiger partial charge in [0, 0.05) is 20.7 Å². The van der Waals surface area contributed by atoms with Crippen molar-refractivity contribution in [3.63, 3.8) is 0 Å². The van der Waals surface area contributed by atoms with Crippen LogP contribution in [0.5, 0.6) is 5.75 Å². The number of fused-ring (bicyclic) bond motifs is 2. The minimum absolute atomic E-state index is 0.240. The van der Waals surface area contributed by atoms with E-state index < -0.39 is 6.10 Å². The third-order valence-corrected chi connectivity index (χ3v) is 5.81. The van der Waals surface area contributed by atoms with Gasteiger partial charge in [-0.05, 0) is 47.7 Å². The molecule has 0 spiro atoms. The van der Waals surface area contributed by atoms with Gasteiger partial charge in [0.05, 0.1) is 0 Å². The van der Waals surface area contributed by atoms with Gasteiger partial charge in [0.15, 0.2) is 0 Å². The van der Waals surface area contributed by atoms with Crippen molar-refractivity contribution in [2.75, 3.05) is 0 Å². The van der Waals surface area contributed by atoms with Crippen molar-refractivity contribution in [3.8, 4) is 5.75 Å². The van der Waals surface area contributed by atoms with Crippen molar-refractivity contribution in [1.29, 1.82) is 0 Å². The number of rotatable bonds is 2. The van der Waals surface area contributed by atoms with Crippen molar-refractivity contribution in [1.82, 2.24) is 0 Å². The van der Waals surface area contributed by atoms with E-state index in [0.717, 1.165) is 22.6 Å². The Morgan fingerprint density at radius 2 is 2.15 bits per heavy atom. The number of aliphatic hydroxyl groups is 1. The lowest BCUT2D eigenvalue weighted by Crippen LogP contribution is -2.05. The molecule has 2 atom stereocenters. The molecule has 2 nitrogen and oxygen atoms in total. The number of thiophene rings is 2. The predicted octanol–water partition coefficient (Wildman–Crippen LogP) is 4.37. The molecule has 1 aromatic carbocycles. The van der Waals surface area contributed by atoms with Crippen LogP contribution in [-0.2, 0) is 6.42 Å². The second-order valence-electron chi connectivity index (χ2n) is 5.20. The van der Waals surface area contributed by atoms with E-state index >= 15 is 0 Å². The first kappa shape index (κ1) is 12.4. The first-order chi connectivity index (χ1) is 9.70. The van der Waals surface area contributed by atoms with Crippen molar-refractivity contribution in [2.45, 2.75) is 25.6 Å². The topological polar surface area (TPSA) is 29.5 Å². The zero-order chi connectivity index (χ0) is 13.7. The Morgan fingerprint density at radius 1 is 1.25 bits per heavy atom. The smallest absolute Gasteiger partial charge is 0.123 e. The van der Waals surface area contributed by atoms with Crippen LogP contribution in [0.25, 0.3) is 9.40 Å². The van der Waals surface area contributed by atoms with Gasteiger partial charge >= 0.3 is 0 Å². The second kappa shape index (κ2) is 4.58. The molecule has 0 aliphatic carbocycles. The first-order valence-electron chi connectivity index (χ1n) is 6.65. The monoisotopic (exact) mass is 302 g/mol. The average Bonchev–Trinajstić information content (AvgIpc) is 3.08. The highest BCUT2D eigenvalue weighted by Crippen LogP contribution is 2.37. The summed E-state index contributed by atoms with van der Waals surface area (Å²) in [6.07, 6.45) is 0.625. The maximum absolute atomic E-state index is 10.6. The lowest BCUT2D eigenvalue weighted by atomic mass is 10.0. The molecule has 0 fully saturated rings. The zero-order valence-corrected chi connectivity index (χ0v) is 12.6. The van der Waals surface area contributed by atoms with Crippen molar-refractivity contribution >= 4 is 32.1 Å². The van der Waals surface area contributed by atoms with Crippen molar-refractivity contribution in [3.05, 3.63) is 51.7 Å². The standard InChI is InChI=1S/C16H14O2S2/c1-9-6-11-7-10(2-3-12(11)18-9)16(17)15-8-14-13(20-15)4-5-19-14/h2-5,7-9,16-17H,6H2,1H3. The van der Waals surface area contributed by atoms with Crippen molar-refractivity contribution in [2.24, 2.45) is 0 Å². The summed E-state index contributed by atoms with van der Waals surface area (Å²) in [5.41, 5.74) is 2.16. The highest BCUT2D eigenvalue weighted by Gasteiger charge is 2.21. The molecule has 102 valence electrons. The van der Waals surface area contributed by atoms with Gasteiger partial charge in [-0.25, -0.2) is 0 Å². The molecule has 2 aromatic heterocycles. The maximum Gasteiger partial charge on any atom is 0.123 e. The van der Waals surface area contributed by atoms with E-state index in [-0.39, 0.29) is 6.10 Å². The molecule has 3 aromatic rings. The Hall–Kier alpha value is -1.36. The summed E-state index contributed by atoms with van der Waals surface area (Å²) in [5, 5.41) is 12.7. The number of hydrogen-bond acceptors (Lipinski definition) is 4. The van der Waals surface area contributed by atoms with Crippen LogP contribution in [0.4, 0.5) is 0 Å². The maximum atomic E-state index is 10.6. The van der Waals surface area contributed by atoms with E-state index in [9.17, 15) is 5.11 Å². The minimum Gasteiger partial charge on any atom is -0.490 e. The molecule has 0 bridgehead atoms. The third kappa shape index (κ3) is 1.95. The molecule has 20 heavy (non-hydrogen) atoms. The number of ether oxygens (including phenoxy) is 1. The van der Waals surface area contributed by atoms with Crippen molar-refractivity contribution < 1.29 is 9.84 Å². The number of aliphatic hydroxyl groups excluding tert-OH is 1. The SMILES string of the molecule is CC1Cc2cc(C(O)c3cc4sccc4s3)ccc2O1. The fourth-order valence-corrected chi connectivity index (χ4v) is 4.83. The van der Waals surface area contributed by atoms with Gasteiger partial charge in [-0.1, -0.05) is 6.07 Å². The van der Waals surface area contributed by atoms with Crippen LogP contribution >= 0.6 is 22.7 Å². The lowest BCUT2D eigenvalue weighted by Gasteiger charge is -2.10. The predicted molar refractivity (Wildman–Crippen MR) is 84.0 cm³/mol. The van der Waals surface area contributed by atoms with E-state index in [4.69, 9.17) is 4.74 Å². The molecule has 1 N–H and O–H groups in total. The first-order valence-corrected chi connectivity index (χ1v) is 8.35. The normalized spacial score (nSPS) is 19.0. The Balaban J connectivity index is 1.70. The van der Waals surface area contributed by atoms with Gasteiger partial charge in [0.1, 0.15) is 18.0 Å². The van der Waals surface area contributed by atoms with E-state index in [2.05, 4.69) is 30.5 Å². The molecular formula is C16H14O2S2. The Labute approximate surface area is 125 Å². The highest BCUT2D eigenvalue weighted by molar-refractivity contribution is 7.26. The quantitative estimate of drug-likeness (QED) is 0.762. The lowest BCUT2D eigenvalue weighted by molar-refractivity contribution is 0.224. The summed E-state index contributed by atoms with van der Waals surface area (Å²) < 4.78 is 8.21. The number of hydrogen-bond donors (Lipinski definition) is 1. The molecule has 4 rings (SSSR count). The van der Waals surface area contributed by atoms with Crippen LogP contribution in [-0.4, -0.2) is 11.2 Å². The van der Waals surface area contributed by atoms with Crippen LogP contribution in [0.15, 0.2) is 35.7 Å². The molecular weight excluding hydrogens is 288 g/mol. The summed E-state index contributed by atoms with van der Waals surface area (Å²) in [6, 6.07) is 10.2. The Morgan fingerprint density at radius 3 is 3.00 bits per heavy atom. The fraction of sp³-hybridized carbons (Fsp3) is 0.250. The van der Waals surface area contributed by atoms with E-state index in [1.807, 2.05) is 12.1 Å². The van der Waals surface area contributed by atoms with Gasteiger partial charge in [-0.15, -0.1) is 22.7 Å². The molecule has 1 aliphatic heterocycles. The summed E-state index contributed by atoms with van der Waals surface area (Å²) in [5.74, 6) is 0.959. The second-order valence-corrected chi connectivity index (χ2v) is 7.26. The summed E-state index contributed by atoms with van der Waals surface area (Å²) in [7, 11) is 0. The van der Waals surface area contributed by atoms with E-state index in [1.54, 1.807) is 22.7 Å². The number of benzene rings is 1. The van der Waals surface area contributed by atoms with Gasteiger partial charge in [0.25, 0.3) is 0 Å². The highest BCUT2D eigenvalue weighted by atomic mass is 32.1. The molecule has 1 aliphatic rings. The molecule has 0 radical (unpaired) electrons. The van der Waals surface area contributed by atoms with Crippen LogP contribution in [0, 0.1) is 0 Å². The molecule has 4 heteroatoms. The molecule has 0 saturated heterocycles. The largest absolute Gasteiger partial charge is 0.490 e. The minimum atomic E-state index is -0.541. The molecule has 0 saturated carbocycles. The van der Waals surface area contributed by atoms with Gasteiger partial charge in [0.2, 0.25) is 0 Å². The van der Waals surface area contributed by atoms with Gasteiger partial charge < -0.3 is 9.84 Å². The van der Waals surface area contributed by atoms with Crippen LogP contribution < -0.4 is 4.74 Å². The van der Waals surface area contributed by atoms with Crippen LogP contribution in [0.1, 0.15) is 29.0 Å². The van der Waals surface area contributed by atoms with Gasteiger partial charge in [-0.3, -0.25) is 0 Å². The summed E-state index contributed by atoms with van der Waals surface area (Å²) in [6.45, 7) is 2.07. The molecule has 2 unspecified atom stereocenters. The van der Waals surface area contributed by atoms with Crippen LogP contribution in [0.2, 0.25) is 0 Å². The summed E-state index contributed by atoms with van der Waals surface area (Å²) in [4.78, 5) is 1.01. The molecule has 3 heterocycles. The molecule has 0 amide bonds. The zero-order valence-electron chi connectivity index (χ0n) is 11.0. The summed E-state index contributed by atoms with van der Waals surface area (Å²) >= 11 is 3.39. The Bertz CT molecular complexity index is 743. The third-order valence-electron chi connectivity index (χ3n) is 3.66. The van der Waals surface area contributed by atoms with Crippen LogP contribution in [0.3, 0.4) is 0 Å². The average molecular weight is 302 g/mol. The Kier molecular flexibility index (Phi) is 2.84.